The lowest BCUT2D eigenvalue weighted by Gasteiger charge is -2.33. The molecule has 5 nitrogen and oxygen atoms in total. The summed E-state index contributed by atoms with van der Waals surface area (Å²) in [4.78, 5) is 10.8. The van der Waals surface area contributed by atoms with E-state index >= 15 is 0 Å². The number of halogens is 3. The Morgan fingerprint density at radius 1 is 1.16 bits per heavy atom. The summed E-state index contributed by atoms with van der Waals surface area (Å²) in [5.74, 6) is 0.774. The lowest BCUT2D eigenvalue weighted by molar-refractivity contribution is -0.137. The van der Waals surface area contributed by atoms with Gasteiger partial charge in [0.2, 0.25) is 0 Å². The van der Waals surface area contributed by atoms with E-state index in [1.54, 1.807) is 13.1 Å². The van der Waals surface area contributed by atoms with E-state index in [0.717, 1.165) is 56.6 Å². The molecule has 3 rings (SSSR count). The molecule has 0 bridgehead atoms. The maximum absolute atomic E-state index is 12.9. The SMILES string of the molecule is CN=C(NCCc1ccc(C)nc1)NC1CCN(Cc2cccc(C(F)(F)F)c2)CC1. The van der Waals surface area contributed by atoms with Crippen molar-refractivity contribution in [2.24, 2.45) is 4.99 Å². The minimum Gasteiger partial charge on any atom is -0.356 e. The molecule has 0 amide bonds. The molecule has 1 aliphatic heterocycles. The first-order valence-electron chi connectivity index (χ1n) is 10.6. The first kappa shape index (κ1) is 23.1. The van der Waals surface area contributed by atoms with Gasteiger partial charge in [0.05, 0.1) is 5.56 Å². The number of aliphatic imine (C=N–C) groups is 1. The molecule has 0 radical (unpaired) electrons. The van der Waals surface area contributed by atoms with Gasteiger partial charge in [0.15, 0.2) is 5.96 Å². The molecule has 0 saturated carbocycles. The van der Waals surface area contributed by atoms with Crippen molar-refractivity contribution in [2.75, 3.05) is 26.7 Å². The highest BCUT2D eigenvalue weighted by Gasteiger charge is 2.30. The fourth-order valence-corrected chi connectivity index (χ4v) is 3.70. The number of hydrogen-bond donors (Lipinski definition) is 2. The van der Waals surface area contributed by atoms with Gasteiger partial charge >= 0.3 is 6.18 Å². The molecule has 0 unspecified atom stereocenters. The van der Waals surface area contributed by atoms with E-state index in [0.29, 0.717) is 18.2 Å². The molecular weight excluding hydrogens is 403 g/mol. The topological polar surface area (TPSA) is 52.6 Å². The summed E-state index contributed by atoms with van der Waals surface area (Å²) in [6.45, 7) is 4.94. The summed E-state index contributed by atoms with van der Waals surface area (Å²) in [5.41, 5.74) is 2.30. The third kappa shape index (κ3) is 7.24. The Hall–Kier alpha value is -2.61. The third-order valence-electron chi connectivity index (χ3n) is 5.49. The van der Waals surface area contributed by atoms with Crippen LogP contribution in [0.5, 0.6) is 0 Å². The van der Waals surface area contributed by atoms with Gasteiger partial charge in [0.1, 0.15) is 0 Å². The molecule has 1 aromatic carbocycles. The van der Waals surface area contributed by atoms with E-state index in [1.165, 1.54) is 17.7 Å². The summed E-state index contributed by atoms with van der Waals surface area (Å²) < 4.78 is 38.7. The molecule has 1 aromatic heterocycles. The Morgan fingerprint density at radius 3 is 2.58 bits per heavy atom. The number of guanidine groups is 1. The van der Waals surface area contributed by atoms with Crippen LogP contribution >= 0.6 is 0 Å². The predicted octanol–water partition coefficient (Wildman–Crippen LogP) is 3.78. The van der Waals surface area contributed by atoms with Crippen LogP contribution in [0.15, 0.2) is 47.6 Å². The van der Waals surface area contributed by atoms with Gasteiger partial charge in [0, 0.05) is 51.2 Å². The third-order valence-corrected chi connectivity index (χ3v) is 5.49. The number of rotatable bonds is 6. The van der Waals surface area contributed by atoms with E-state index in [-0.39, 0.29) is 0 Å². The smallest absolute Gasteiger partial charge is 0.356 e. The van der Waals surface area contributed by atoms with Crippen LogP contribution in [-0.2, 0) is 19.1 Å². The molecule has 1 saturated heterocycles. The van der Waals surface area contributed by atoms with E-state index in [9.17, 15) is 13.2 Å². The second kappa shape index (κ2) is 10.6. The van der Waals surface area contributed by atoms with Gasteiger partial charge in [-0.3, -0.25) is 14.9 Å². The van der Waals surface area contributed by atoms with Crippen molar-refractivity contribution >= 4 is 5.96 Å². The van der Waals surface area contributed by atoms with Crippen molar-refractivity contribution in [2.45, 2.75) is 44.9 Å². The number of hydrogen-bond acceptors (Lipinski definition) is 3. The van der Waals surface area contributed by atoms with Crippen LogP contribution in [0.1, 0.15) is 35.2 Å². The van der Waals surface area contributed by atoms with Crippen LogP contribution < -0.4 is 10.6 Å². The van der Waals surface area contributed by atoms with Crippen LogP contribution in [0.2, 0.25) is 0 Å². The van der Waals surface area contributed by atoms with Crippen LogP contribution in [0.25, 0.3) is 0 Å². The van der Waals surface area contributed by atoms with E-state index in [2.05, 4.69) is 31.6 Å². The maximum atomic E-state index is 12.9. The Morgan fingerprint density at radius 2 is 1.94 bits per heavy atom. The Balaban J connectivity index is 1.41. The Bertz CT molecular complexity index is 856. The van der Waals surface area contributed by atoms with Gasteiger partial charge in [-0.2, -0.15) is 13.2 Å². The molecule has 0 aliphatic carbocycles. The zero-order valence-corrected chi connectivity index (χ0v) is 18.0. The lowest BCUT2D eigenvalue weighted by Crippen LogP contribution is -2.48. The minimum absolute atomic E-state index is 0.296. The molecule has 0 spiro atoms. The number of nitrogens with one attached hydrogen (secondary N) is 2. The lowest BCUT2D eigenvalue weighted by atomic mass is 10.0. The number of aryl methyl sites for hydroxylation is 1. The quantitative estimate of drug-likeness (QED) is 0.538. The summed E-state index contributed by atoms with van der Waals surface area (Å²) in [5, 5.41) is 6.80. The Kier molecular flexibility index (Phi) is 7.90. The van der Waals surface area contributed by atoms with Crippen LogP contribution in [0, 0.1) is 6.92 Å². The fraction of sp³-hybridized carbons (Fsp3) is 0.478. The first-order chi connectivity index (χ1) is 14.8. The standard InChI is InChI=1S/C23H30F3N5/c1-17-6-7-18(15-29-17)8-11-28-22(27-2)30-21-9-12-31(13-10-21)16-19-4-3-5-20(14-19)23(24,25)26/h3-7,14-15,21H,8-13,16H2,1-2H3,(H2,27,28,30). The van der Waals surface area contributed by atoms with Crippen molar-refractivity contribution in [1.29, 1.82) is 0 Å². The van der Waals surface area contributed by atoms with Crippen LogP contribution in [0.3, 0.4) is 0 Å². The van der Waals surface area contributed by atoms with Gasteiger partial charge in [0.25, 0.3) is 0 Å². The van der Waals surface area contributed by atoms with Crippen molar-refractivity contribution < 1.29 is 13.2 Å². The largest absolute Gasteiger partial charge is 0.416 e. The van der Waals surface area contributed by atoms with Crippen molar-refractivity contribution in [3.8, 4) is 0 Å². The highest BCUT2D eigenvalue weighted by atomic mass is 19.4. The van der Waals surface area contributed by atoms with E-state index in [1.807, 2.05) is 19.2 Å². The number of pyridine rings is 1. The molecule has 31 heavy (non-hydrogen) atoms. The summed E-state index contributed by atoms with van der Waals surface area (Å²) in [6, 6.07) is 10.00. The average Bonchev–Trinajstić information content (AvgIpc) is 2.75. The molecule has 2 N–H and O–H groups in total. The van der Waals surface area contributed by atoms with Crippen molar-refractivity contribution in [3.63, 3.8) is 0 Å². The molecule has 2 heterocycles. The number of benzene rings is 1. The van der Waals surface area contributed by atoms with E-state index in [4.69, 9.17) is 0 Å². The second-order valence-corrected chi connectivity index (χ2v) is 7.95. The monoisotopic (exact) mass is 433 g/mol. The molecule has 2 aromatic rings. The van der Waals surface area contributed by atoms with Crippen LogP contribution in [0.4, 0.5) is 13.2 Å². The summed E-state index contributed by atoms with van der Waals surface area (Å²) >= 11 is 0. The van der Waals surface area contributed by atoms with E-state index < -0.39 is 11.7 Å². The molecule has 1 fully saturated rings. The van der Waals surface area contributed by atoms with Crippen molar-refractivity contribution in [1.82, 2.24) is 20.5 Å². The Labute approximate surface area is 181 Å². The summed E-state index contributed by atoms with van der Waals surface area (Å²) in [7, 11) is 1.76. The number of likely N-dealkylation sites (tertiary alicyclic amines) is 1. The molecule has 1 aliphatic rings. The van der Waals surface area contributed by atoms with Gasteiger partial charge in [-0.05, 0) is 49.4 Å². The number of piperidine rings is 1. The number of alkyl halides is 3. The highest BCUT2D eigenvalue weighted by Crippen LogP contribution is 2.30. The van der Waals surface area contributed by atoms with Gasteiger partial charge in [-0.1, -0.05) is 24.3 Å². The molecule has 0 atom stereocenters. The first-order valence-corrected chi connectivity index (χ1v) is 10.6. The number of nitrogens with zero attached hydrogens (tertiary/aromatic N) is 3. The maximum Gasteiger partial charge on any atom is 0.416 e. The fourth-order valence-electron chi connectivity index (χ4n) is 3.70. The number of aromatic nitrogens is 1. The van der Waals surface area contributed by atoms with Gasteiger partial charge in [-0.15, -0.1) is 0 Å². The second-order valence-electron chi connectivity index (χ2n) is 7.95. The zero-order valence-electron chi connectivity index (χ0n) is 18.0. The predicted molar refractivity (Wildman–Crippen MR) is 117 cm³/mol. The summed E-state index contributed by atoms with van der Waals surface area (Å²) in [6.07, 6.45) is 0.297. The zero-order chi connectivity index (χ0) is 22.3. The molecule has 168 valence electrons. The normalized spacial score (nSPS) is 16.4. The molecule has 8 heteroatoms. The van der Waals surface area contributed by atoms with Gasteiger partial charge < -0.3 is 10.6 Å². The van der Waals surface area contributed by atoms with Crippen molar-refractivity contribution in [3.05, 3.63) is 65.0 Å². The highest BCUT2D eigenvalue weighted by molar-refractivity contribution is 5.79. The van der Waals surface area contributed by atoms with Gasteiger partial charge in [-0.25, -0.2) is 0 Å². The minimum atomic E-state index is -4.30. The van der Waals surface area contributed by atoms with Crippen LogP contribution in [-0.4, -0.2) is 48.6 Å². The average molecular weight is 434 g/mol. The molecular formula is C23H30F3N5.